The van der Waals surface area contributed by atoms with Crippen molar-refractivity contribution in [3.63, 3.8) is 0 Å². The van der Waals surface area contributed by atoms with Gasteiger partial charge in [0.15, 0.2) is 0 Å². The lowest BCUT2D eigenvalue weighted by molar-refractivity contribution is -0.139. The number of rotatable bonds is 10. The van der Waals surface area contributed by atoms with Crippen LogP contribution in [0.3, 0.4) is 0 Å². The molecule has 8 heteroatoms. The van der Waals surface area contributed by atoms with E-state index in [1.807, 2.05) is 58.9 Å². The van der Waals surface area contributed by atoms with Gasteiger partial charge in [0.2, 0.25) is 11.8 Å². The number of hydrogen-bond donors (Lipinski definition) is 4. The standard InChI is InChI=1S/C25H40N4O4/c1-16(23(32)33)13-14-29(8)22(31)20(24(2,3)4)28-21(30)19(27-7)25(5,6)18-11-9-17(15-26)10-12-18/h9-13,19-20,27H,14-15,26H2,1-8H3,(H,28,30)(H,32,33)/b16-13+. The van der Waals surface area contributed by atoms with E-state index in [9.17, 15) is 14.4 Å². The normalized spacial score (nSPS) is 14.4. The molecule has 8 nitrogen and oxygen atoms in total. The predicted molar refractivity (Wildman–Crippen MR) is 131 cm³/mol. The molecule has 0 aliphatic carbocycles. The molecular formula is C25H40N4O4. The number of nitrogens with two attached hydrogens (primary N) is 1. The molecule has 0 aliphatic heterocycles. The first-order valence-electron chi connectivity index (χ1n) is 11.1. The summed E-state index contributed by atoms with van der Waals surface area (Å²) >= 11 is 0. The zero-order valence-electron chi connectivity index (χ0n) is 21.2. The number of nitrogens with zero attached hydrogens (tertiary/aromatic N) is 1. The Bertz CT molecular complexity index is 869. The van der Waals surface area contributed by atoms with E-state index in [1.54, 1.807) is 14.1 Å². The second kappa shape index (κ2) is 11.4. The Labute approximate surface area is 197 Å². The van der Waals surface area contributed by atoms with Gasteiger partial charge in [-0.3, -0.25) is 9.59 Å². The first-order chi connectivity index (χ1) is 15.2. The lowest BCUT2D eigenvalue weighted by Gasteiger charge is -2.38. The van der Waals surface area contributed by atoms with Crippen molar-refractivity contribution in [2.45, 2.75) is 65.6 Å². The van der Waals surface area contributed by atoms with E-state index in [0.29, 0.717) is 6.54 Å². The number of hydrogen-bond acceptors (Lipinski definition) is 5. The smallest absolute Gasteiger partial charge is 0.331 e. The topological polar surface area (TPSA) is 125 Å². The molecule has 2 amide bonds. The molecule has 1 aromatic carbocycles. The van der Waals surface area contributed by atoms with E-state index < -0.39 is 28.9 Å². The molecule has 0 aliphatic rings. The number of amides is 2. The maximum atomic E-state index is 13.4. The highest BCUT2D eigenvalue weighted by Crippen LogP contribution is 2.29. The molecular weight excluding hydrogens is 420 g/mol. The number of carboxylic acids is 1. The maximum absolute atomic E-state index is 13.4. The van der Waals surface area contributed by atoms with Crippen LogP contribution in [0.2, 0.25) is 0 Å². The van der Waals surface area contributed by atoms with Crippen molar-refractivity contribution in [1.82, 2.24) is 15.5 Å². The second-order valence-electron chi connectivity index (χ2n) is 10.1. The Kier molecular flexibility index (Phi) is 9.81. The minimum Gasteiger partial charge on any atom is -0.478 e. The van der Waals surface area contributed by atoms with Crippen LogP contribution in [0.5, 0.6) is 0 Å². The fourth-order valence-electron chi connectivity index (χ4n) is 3.60. The van der Waals surface area contributed by atoms with Gasteiger partial charge < -0.3 is 26.4 Å². The molecule has 1 rings (SSSR count). The van der Waals surface area contributed by atoms with Crippen molar-refractivity contribution < 1.29 is 19.5 Å². The third kappa shape index (κ3) is 7.40. The quantitative estimate of drug-likeness (QED) is 0.396. The first kappa shape index (κ1) is 28.3. The zero-order chi connectivity index (χ0) is 25.6. The van der Waals surface area contributed by atoms with Gasteiger partial charge in [0, 0.05) is 31.1 Å². The monoisotopic (exact) mass is 460 g/mol. The molecule has 33 heavy (non-hydrogen) atoms. The van der Waals surface area contributed by atoms with E-state index in [4.69, 9.17) is 10.8 Å². The van der Waals surface area contributed by atoms with E-state index in [0.717, 1.165) is 11.1 Å². The van der Waals surface area contributed by atoms with E-state index in [2.05, 4.69) is 10.6 Å². The fourth-order valence-corrected chi connectivity index (χ4v) is 3.60. The SMILES string of the molecule is CNC(C(=O)NC(C(=O)N(C)C/C=C(\C)C(=O)O)C(C)(C)C)C(C)(C)c1ccc(CN)cc1. The summed E-state index contributed by atoms with van der Waals surface area (Å²) in [6, 6.07) is 6.45. The maximum Gasteiger partial charge on any atom is 0.331 e. The Morgan fingerprint density at radius 1 is 1.09 bits per heavy atom. The van der Waals surface area contributed by atoms with Gasteiger partial charge in [0.25, 0.3) is 0 Å². The van der Waals surface area contributed by atoms with E-state index in [-0.39, 0.29) is 23.9 Å². The predicted octanol–water partition coefficient (Wildman–Crippen LogP) is 2.03. The summed E-state index contributed by atoms with van der Waals surface area (Å²) in [7, 11) is 3.32. The zero-order valence-corrected chi connectivity index (χ0v) is 21.2. The number of aliphatic carboxylic acids is 1. The van der Waals surface area contributed by atoms with Crippen LogP contribution in [0, 0.1) is 5.41 Å². The number of carbonyl (C=O) groups excluding carboxylic acids is 2. The number of carbonyl (C=O) groups is 3. The van der Waals surface area contributed by atoms with Crippen LogP contribution in [0.25, 0.3) is 0 Å². The van der Waals surface area contributed by atoms with Gasteiger partial charge >= 0.3 is 5.97 Å². The Balaban J connectivity index is 3.13. The van der Waals surface area contributed by atoms with Crippen molar-refractivity contribution in [2.75, 3.05) is 20.6 Å². The van der Waals surface area contributed by atoms with E-state index in [1.165, 1.54) is 17.9 Å². The van der Waals surface area contributed by atoms with Crippen LogP contribution in [0.1, 0.15) is 52.7 Å². The summed E-state index contributed by atoms with van der Waals surface area (Å²) in [6.45, 7) is 11.7. The molecule has 0 fully saturated rings. The van der Waals surface area contributed by atoms with Crippen LogP contribution < -0.4 is 16.4 Å². The number of benzene rings is 1. The number of nitrogens with one attached hydrogen (secondary N) is 2. The summed E-state index contributed by atoms with van der Waals surface area (Å²) in [4.78, 5) is 39.1. The van der Waals surface area contributed by atoms with Crippen molar-refractivity contribution >= 4 is 17.8 Å². The fraction of sp³-hybridized carbons (Fsp3) is 0.560. The highest BCUT2D eigenvalue weighted by molar-refractivity contribution is 5.91. The average molecular weight is 461 g/mol. The molecule has 0 bridgehead atoms. The Morgan fingerprint density at radius 3 is 2.06 bits per heavy atom. The van der Waals surface area contributed by atoms with Gasteiger partial charge in [-0.05, 0) is 30.5 Å². The first-order valence-corrected chi connectivity index (χ1v) is 11.1. The molecule has 0 heterocycles. The van der Waals surface area contributed by atoms with Gasteiger partial charge in [-0.1, -0.05) is 65.0 Å². The lowest BCUT2D eigenvalue weighted by Crippen LogP contribution is -2.60. The molecule has 0 saturated carbocycles. The van der Waals surface area contributed by atoms with Gasteiger partial charge in [-0.25, -0.2) is 4.79 Å². The molecule has 184 valence electrons. The molecule has 0 radical (unpaired) electrons. The lowest BCUT2D eigenvalue weighted by atomic mass is 9.76. The summed E-state index contributed by atoms with van der Waals surface area (Å²) in [5.74, 6) is -1.61. The second-order valence-corrected chi connectivity index (χ2v) is 10.1. The molecule has 2 unspecified atom stereocenters. The van der Waals surface area contributed by atoms with Crippen molar-refractivity contribution in [3.05, 3.63) is 47.0 Å². The van der Waals surface area contributed by atoms with Gasteiger partial charge in [0.1, 0.15) is 6.04 Å². The molecule has 0 spiro atoms. The van der Waals surface area contributed by atoms with Gasteiger partial charge in [0.05, 0.1) is 6.04 Å². The van der Waals surface area contributed by atoms with Crippen LogP contribution >= 0.6 is 0 Å². The Hall–Kier alpha value is -2.71. The van der Waals surface area contributed by atoms with Gasteiger partial charge in [-0.15, -0.1) is 0 Å². The number of carboxylic acid groups (broad SMARTS) is 1. The molecule has 0 aromatic heterocycles. The van der Waals surface area contributed by atoms with Crippen LogP contribution in [-0.4, -0.2) is 60.5 Å². The minimum absolute atomic E-state index is 0.133. The number of likely N-dealkylation sites (N-methyl/N-ethyl adjacent to an activating group) is 2. The molecule has 5 N–H and O–H groups in total. The largest absolute Gasteiger partial charge is 0.478 e. The highest BCUT2D eigenvalue weighted by atomic mass is 16.4. The summed E-state index contributed by atoms with van der Waals surface area (Å²) < 4.78 is 0. The third-order valence-electron chi connectivity index (χ3n) is 5.99. The van der Waals surface area contributed by atoms with Gasteiger partial charge in [-0.2, -0.15) is 0 Å². The molecule has 2 atom stereocenters. The minimum atomic E-state index is -1.03. The average Bonchev–Trinajstić information content (AvgIpc) is 2.74. The summed E-state index contributed by atoms with van der Waals surface area (Å²) in [5.41, 5.74) is 6.71. The van der Waals surface area contributed by atoms with Crippen LogP contribution in [0.15, 0.2) is 35.9 Å². The van der Waals surface area contributed by atoms with Crippen molar-refractivity contribution in [2.24, 2.45) is 11.1 Å². The van der Waals surface area contributed by atoms with Crippen LogP contribution in [-0.2, 0) is 26.3 Å². The molecule has 1 aromatic rings. The Morgan fingerprint density at radius 2 is 1.64 bits per heavy atom. The summed E-state index contributed by atoms with van der Waals surface area (Å²) in [5, 5.41) is 15.1. The van der Waals surface area contributed by atoms with Crippen LogP contribution in [0.4, 0.5) is 0 Å². The summed E-state index contributed by atoms with van der Waals surface area (Å²) in [6.07, 6.45) is 1.48. The van der Waals surface area contributed by atoms with E-state index >= 15 is 0 Å². The molecule has 0 saturated heterocycles. The highest BCUT2D eigenvalue weighted by Gasteiger charge is 2.40. The third-order valence-corrected chi connectivity index (χ3v) is 5.99. The van der Waals surface area contributed by atoms with Crippen molar-refractivity contribution in [1.29, 1.82) is 0 Å². The van der Waals surface area contributed by atoms with Crippen molar-refractivity contribution in [3.8, 4) is 0 Å².